The Labute approximate surface area is 173 Å². The van der Waals surface area contributed by atoms with Crippen LogP contribution in [0.1, 0.15) is 27.8 Å². The standard InChI is InChI=1S/C24H24N2O.ClH/c1-18-15-19(2)24(20(3)16-18)25-23(27)17-26-13-11-22(12-14-26)10-9-21-7-5-4-6-8-21;/h4-16H,17H2,1-3H3;1H/b10-9+;. The van der Waals surface area contributed by atoms with Crippen molar-refractivity contribution in [3.05, 3.63) is 94.8 Å². The lowest BCUT2D eigenvalue weighted by atomic mass is 10.1. The molecule has 1 amide bonds. The average molecular weight is 393 g/mol. The Morgan fingerprint density at radius 3 is 2.00 bits per heavy atom. The fourth-order valence-electron chi connectivity index (χ4n) is 3.16. The molecule has 3 aromatic rings. The van der Waals surface area contributed by atoms with Crippen LogP contribution in [-0.4, -0.2) is 5.91 Å². The number of rotatable bonds is 5. The van der Waals surface area contributed by atoms with Gasteiger partial charge in [0.2, 0.25) is 6.54 Å². The van der Waals surface area contributed by atoms with Crippen LogP contribution in [0.5, 0.6) is 0 Å². The molecular weight excluding hydrogens is 368 g/mol. The van der Waals surface area contributed by atoms with Crippen LogP contribution in [0.2, 0.25) is 0 Å². The van der Waals surface area contributed by atoms with Gasteiger partial charge in [0.15, 0.2) is 12.4 Å². The van der Waals surface area contributed by atoms with Crippen molar-refractivity contribution in [3.8, 4) is 0 Å². The molecule has 4 heteroatoms. The van der Waals surface area contributed by atoms with Crippen molar-refractivity contribution in [2.45, 2.75) is 27.3 Å². The smallest absolute Gasteiger partial charge is 0.290 e. The third-order valence-corrected chi connectivity index (χ3v) is 4.45. The van der Waals surface area contributed by atoms with Gasteiger partial charge in [-0.2, -0.15) is 4.57 Å². The van der Waals surface area contributed by atoms with Crippen LogP contribution >= 0.6 is 0 Å². The molecule has 1 N–H and O–H groups in total. The predicted octanol–water partition coefficient (Wildman–Crippen LogP) is 1.71. The number of carbonyl (C=O) groups excluding carboxylic acids is 1. The van der Waals surface area contributed by atoms with Crippen molar-refractivity contribution in [3.63, 3.8) is 0 Å². The Kier molecular flexibility index (Phi) is 7.53. The number of aryl methyl sites for hydroxylation is 3. The summed E-state index contributed by atoms with van der Waals surface area (Å²) in [5, 5.41) is 3.04. The number of carbonyl (C=O) groups is 1. The first kappa shape index (κ1) is 21.4. The highest BCUT2D eigenvalue weighted by atomic mass is 35.5. The van der Waals surface area contributed by atoms with Crippen molar-refractivity contribution in [1.82, 2.24) is 0 Å². The van der Waals surface area contributed by atoms with Crippen molar-refractivity contribution < 1.29 is 21.8 Å². The summed E-state index contributed by atoms with van der Waals surface area (Å²) in [5.41, 5.74) is 6.56. The van der Waals surface area contributed by atoms with E-state index in [1.54, 1.807) is 0 Å². The lowest BCUT2D eigenvalue weighted by Gasteiger charge is -2.11. The van der Waals surface area contributed by atoms with E-state index in [4.69, 9.17) is 0 Å². The number of anilines is 1. The molecule has 1 aromatic heterocycles. The van der Waals surface area contributed by atoms with E-state index in [9.17, 15) is 4.79 Å². The lowest BCUT2D eigenvalue weighted by molar-refractivity contribution is -0.684. The molecule has 0 saturated heterocycles. The van der Waals surface area contributed by atoms with Crippen LogP contribution in [0.15, 0.2) is 67.0 Å². The highest BCUT2D eigenvalue weighted by Gasteiger charge is 2.12. The molecular formula is C24H25ClN2O. The first-order chi connectivity index (χ1) is 13.0. The maximum absolute atomic E-state index is 12.4. The Bertz CT molecular complexity index is 941. The molecule has 0 aliphatic heterocycles. The molecule has 1 heterocycles. The number of aromatic nitrogens is 1. The Balaban J connectivity index is 0.00000280. The first-order valence-corrected chi connectivity index (χ1v) is 9.11. The fourth-order valence-corrected chi connectivity index (χ4v) is 3.16. The minimum atomic E-state index is -0.0253. The van der Waals surface area contributed by atoms with Crippen molar-refractivity contribution in [2.24, 2.45) is 0 Å². The van der Waals surface area contributed by atoms with Crippen molar-refractivity contribution >= 4 is 23.7 Å². The zero-order valence-corrected chi connectivity index (χ0v) is 17.2. The van der Waals surface area contributed by atoms with Gasteiger partial charge in [0.05, 0.1) is 0 Å². The number of nitrogens with one attached hydrogen (secondary N) is 1. The van der Waals surface area contributed by atoms with Gasteiger partial charge in [-0.25, -0.2) is 0 Å². The summed E-state index contributed by atoms with van der Waals surface area (Å²) in [5.74, 6) is -0.0253. The van der Waals surface area contributed by atoms with Crippen molar-refractivity contribution in [1.29, 1.82) is 0 Å². The molecule has 0 aliphatic carbocycles. The summed E-state index contributed by atoms with van der Waals surface area (Å²) in [6.45, 7) is 6.40. The summed E-state index contributed by atoms with van der Waals surface area (Å²) >= 11 is 0. The molecule has 0 spiro atoms. The second-order valence-electron chi connectivity index (χ2n) is 6.87. The summed E-state index contributed by atoms with van der Waals surface area (Å²) in [6.07, 6.45) is 8.01. The van der Waals surface area contributed by atoms with Gasteiger partial charge < -0.3 is 17.7 Å². The van der Waals surface area contributed by atoms with Gasteiger partial charge in [-0.05, 0) is 43.0 Å². The van der Waals surface area contributed by atoms with E-state index in [1.165, 1.54) is 5.56 Å². The van der Waals surface area contributed by atoms with Gasteiger partial charge in [0, 0.05) is 17.8 Å². The molecule has 0 aliphatic rings. The Morgan fingerprint density at radius 1 is 0.893 bits per heavy atom. The molecule has 3 nitrogen and oxygen atoms in total. The maximum atomic E-state index is 12.4. The minimum absolute atomic E-state index is 0. The Hall–Kier alpha value is -2.91. The topological polar surface area (TPSA) is 33.0 Å². The number of benzene rings is 2. The van der Waals surface area contributed by atoms with E-state index in [0.29, 0.717) is 0 Å². The maximum Gasteiger partial charge on any atom is 0.290 e. The SMILES string of the molecule is Cc1cc(C)c(NC(=O)C[n+]2ccc(/C=C/c3ccccc3)cc2)c(C)c1.[Cl-]. The highest BCUT2D eigenvalue weighted by Crippen LogP contribution is 2.21. The van der Waals surface area contributed by atoms with Crippen LogP contribution in [-0.2, 0) is 11.3 Å². The van der Waals surface area contributed by atoms with Crippen LogP contribution < -0.4 is 22.3 Å². The summed E-state index contributed by atoms with van der Waals surface area (Å²) in [6, 6.07) is 18.4. The van der Waals surface area contributed by atoms with Crippen molar-refractivity contribution in [2.75, 3.05) is 5.32 Å². The van der Waals surface area contributed by atoms with E-state index in [1.807, 2.05) is 61.1 Å². The number of hydrogen-bond acceptors (Lipinski definition) is 1. The fraction of sp³-hybridized carbons (Fsp3) is 0.167. The largest absolute Gasteiger partial charge is 1.00 e. The number of nitrogens with zero attached hydrogens (tertiary/aromatic N) is 1. The average Bonchev–Trinajstić information content (AvgIpc) is 2.65. The molecule has 3 rings (SSSR count). The summed E-state index contributed by atoms with van der Waals surface area (Å²) < 4.78 is 1.88. The first-order valence-electron chi connectivity index (χ1n) is 9.11. The third kappa shape index (κ3) is 5.80. The summed E-state index contributed by atoms with van der Waals surface area (Å²) in [4.78, 5) is 12.4. The zero-order chi connectivity index (χ0) is 19.2. The molecule has 0 atom stereocenters. The van der Waals surface area contributed by atoms with E-state index in [-0.39, 0.29) is 24.9 Å². The molecule has 0 unspecified atom stereocenters. The Morgan fingerprint density at radius 2 is 1.43 bits per heavy atom. The molecule has 0 bridgehead atoms. The van der Waals surface area contributed by atoms with E-state index in [0.717, 1.165) is 27.9 Å². The minimum Gasteiger partial charge on any atom is -1.00 e. The van der Waals surface area contributed by atoms with Crippen LogP contribution in [0.3, 0.4) is 0 Å². The lowest BCUT2D eigenvalue weighted by Crippen LogP contribution is -3.00. The number of amides is 1. The van der Waals surface area contributed by atoms with Crippen LogP contribution in [0, 0.1) is 20.8 Å². The van der Waals surface area contributed by atoms with Gasteiger partial charge in [0.1, 0.15) is 0 Å². The molecule has 0 radical (unpaired) electrons. The monoisotopic (exact) mass is 392 g/mol. The third-order valence-electron chi connectivity index (χ3n) is 4.45. The van der Waals surface area contributed by atoms with Crippen LogP contribution in [0.25, 0.3) is 12.2 Å². The zero-order valence-electron chi connectivity index (χ0n) is 16.4. The van der Waals surface area contributed by atoms with Gasteiger partial charge >= 0.3 is 0 Å². The van der Waals surface area contributed by atoms with Gasteiger partial charge in [-0.15, -0.1) is 0 Å². The predicted molar refractivity (Wildman–Crippen MR) is 111 cm³/mol. The van der Waals surface area contributed by atoms with E-state index >= 15 is 0 Å². The molecule has 144 valence electrons. The van der Waals surface area contributed by atoms with Gasteiger partial charge in [-0.1, -0.05) is 60.2 Å². The molecule has 0 fully saturated rings. The second-order valence-corrected chi connectivity index (χ2v) is 6.87. The number of hydrogen-bond donors (Lipinski definition) is 1. The molecule has 0 saturated carbocycles. The quantitative estimate of drug-likeness (QED) is 0.659. The second kappa shape index (κ2) is 9.86. The molecule has 2 aromatic carbocycles. The number of halogens is 1. The van der Waals surface area contributed by atoms with E-state index < -0.39 is 0 Å². The summed E-state index contributed by atoms with van der Waals surface area (Å²) in [7, 11) is 0. The van der Waals surface area contributed by atoms with E-state index in [2.05, 4.69) is 48.7 Å². The van der Waals surface area contributed by atoms with Gasteiger partial charge in [-0.3, -0.25) is 4.79 Å². The molecule has 28 heavy (non-hydrogen) atoms. The van der Waals surface area contributed by atoms with Crippen LogP contribution in [0.4, 0.5) is 5.69 Å². The highest BCUT2D eigenvalue weighted by molar-refractivity contribution is 5.91. The van der Waals surface area contributed by atoms with Gasteiger partial charge in [0.25, 0.3) is 5.91 Å². The number of pyridine rings is 1. The normalized spacial score (nSPS) is 10.5.